The molecule has 0 aromatic rings. The molecule has 1 heterocycles. The summed E-state index contributed by atoms with van der Waals surface area (Å²) >= 11 is 0. The Labute approximate surface area is 40.8 Å². The van der Waals surface area contributed by atoms with E-state index in [0.29, 0.717) is 13.2 Å². The molecule has 0 aromatic heterocycles. The van der Waals surface area contributed by atoms with E-state index in [0.717, 1.165) is 5.01 Å². The van der Waals surface area contributed by atoms with Crippen LogP contribution >= 0.6 is 0 Å². The molecule has 40 valence electrons. The molecule has 0 radical (unpaired) electrons. The SMILES string of the molecule is NN1CCOC1=O. The van der Waals surface area contributed by atoms with Gasteiger partial charge in [-0.25, -0.2) is 15.6 Å². The minimum atomic E-state index is -0.431. The van der Waals surface area contributed by atoms with Crippen LogP contribution in [0.4, 0.5) is 4.79 Å². The number of hydrogen-bond donors (Lipinski definition) is 1. The second-order valence-electron chi connectivity index (χ2n) is 1.31. The van der Waals surface area contributed by atoms with Crippen LogP contribution < -0.4 is 5.84 Å². The molecule has 1 amide bonds. The van der Waals surface area contributed by atoms with Gasteiger partial charge < -0.3 is 4.74 Å². The summed E-state index contributed by atoms with van der Waals surface area (Å²) in [5, 5.41) is 1.04. The average molecular weight is 102 g/mol. The van der Waals surface area contributed by atoms with E-state index in [4.69, 9.17) is 5.84 Å². The molecule has 0 saturated carbocycles. The number of ether oxygens (including phenoxy) is 1. The fraction of sp³-hybridized carbons (Fsp3) is 0.667. The second kappa shape index (κ2) is 1.38. The molecule has 0 aliphatic carbocycles. The van der Waals surface area contributed by atoms with Gasteiger partial charge in [0.15, 0.2) is 0 Å². The van der Waals surface area contributed by atoms with Gasteiger partial charge in [0, 0.05) is 0 Å². The predicted octanol–water partition coefficient (Wildman–Crippen LogP) is -0.688. The van der Waals surface area contributed by atoms with Crippen molar-refractivity contribution >= 4 is 6.09 Å². The highest BCUT2D eigenvalue weighted by molar-refractivity contribution is 5.68. The zero-order valence-electron chi connectivity index (χ0n) is 3.76. The van der Waals surface area contributed by atoms with E-state index in [2.05, 4.69) is 4.74 Å². The molecule has 1 saturated heterocycles. The van der Waals surface area contributed by atoms with Crippen LogP contribution in [0.5, 0.6) is 0 Å². The van der Waals surface area contributed by atoms with Crippen molar-refractivity contribution in [1.29, 1.82) is 0 Å². The molecule has 0 atom stereocenters. The van der Waals surface area contributed by atoms with Gasteiger partial charge >= 0.3 is 6.09 Å². The van der Waals surface area contributed by atoms with Gasteiger partial charge in [0.25, 0.3) is 0 Å². The zero-order valence-corrected chi connectivity index (χ0v) is 3.76. The third kappa shape index (κ3) is 0.640. The Bertz CT molecular complexity index is 92.9. The van der Waals surface area contributed by atoms with Crippen LogP contribution in [0.3, 0.4) is 0 Å². The molecule has 1 rings (SSSR count). The maximum Gasteiger partial charge on any atom is 0.424 e. The summed E-state index contributed by atoms with van der Waals surface area (Å²) in [6.45, 7) is 0.939. The third-order valence-electron chi connectivity index (χ3n) is 0.792. The number of rotatable bonds is 0. The van der Waals surface area contributed by atoms with Gasteiger partial charge in [-0.3, -0.25) is 0 Å². The first kappa shape index (κ1) is 4.39. The lowest BCUT2D eigenvalue weighted by atomic mass is 10.7. The van der Waals surface area contributed by atoms with Crippen LogP contribution in [0.1, 0.15) is 0 Å². The smallest absolute Gasteiger partial charge is 0.424 e. The van der Waals surface area contributed by atoms with Crippen molar-refractivity contribution in [3.05, 3.63) is 0 Å². The molecule has 1 aliphatic heterocycles. The monoisotopic (exact) mass is 102 g/mol. The minimum Gasteiger partial charge on any atom is -0.447 e. The van der Waals surface area contributed by atoms with Crippen molar-refractivity contribution in [2.45, 2.75) is 0 Å². The largest absolute Gasteiger partial charge is 0.447 e. The Morgan fingerprint density at radius 3 is 2.71 bits per heavy atom. The first-order valence-corrected chi connectivity index (χ1v) is 1.99. The van der Waals surface area contributed by atoms with E-state index in [-0.39, 0.29) is 0 Å². The number of nitrogens with two attached hydrogens (primary N) is 1. The van der Waals surface area contributed by atoms with Gasteiger partial charge in [0.1, 0.15) is 6.61 Å². The van der Waals surface area contributed by atoms with Crippen LogP contribution in [-0.2, 0) is 4.74 Å². The highest BCUT2D eigenvalue weighted by atomic mass is 16.6. The van der Waals surface area contributed by atoms with Gasteiger partial charge in [0.05, 0.1) is 6.54 Å². The minimum absolute atomic E-state index is 0.426. The summed E-state index contributed by atoms with van der Waals surface area (Å²) in [5.41, 5.74) is 0. The number of carbonyl (C=O) groups is 1. The van der Waals surface area contributed by atoms with E-state index in [1.54, 1.807) is 0 Å². The van der Waals surface area contributed by atoms with Gasteiger partial charge in [-0.15, -0.1) is 0 Å². The van der Waals surface area contributed by atoms with Gasteiger partial charge in [-0.1, -0.05) is 0 Å². The Balaban J connectivity index is 2.48. The molecular formula is C3H6N2O2. The molecule has 4 heteroatoms. The van der Waals surface area contributed by atoms with Crippen LogP contribution in [0, 0.1) is 0 Å². The normalized spacial score (nSPS) is 20.1. The number of amides is 1. The predicted molar refractivity (Wildman–Crippen MR) is 22.2 cm³/mol. The van der Waals surface area contributed by atoms with Gasteiger partial charge in [-0.05, 0) is 0 Å². The number of cyclic esters (lactones) is 1. The summed E-state index contributed by atoms with van der Waals surface area (Å²) in [6, 6.07) is 0. The van der Waals surface area contributed by atoms with Crippen molar-refractivity contribution in [2.24, 2.45) is 5.84 Å². The quantitative estimate of drug-likeness (QED) is 0.325. The Kier molecular flexibility index (Phi) is 0.867. The van der Waals surface area contributed by atoms with Crippen LogP contribution in [-0.4, -0.2) is 24.3 Å². The molecule has 0 bridgehead atoms. The van der Waals surface area contributed by atoms with Gasteiger partial charge in [-0.2, -0.15) is 0 Å². The Hall–Kier alpha value is -0.770. The lowest BCUT2D eigenvalue weighted by Crippen LogP contribution is -2.31. The average Bonchev–Trinajstić information content (AvgIpc) is 1.91. The lowest BCUT2D eigenvalue weighted by Gasteiger charge is -1.98. The van der Waals surface area contributed by atoms with E-state index in [1.807, 2.05) is 0 Å². The van der Waals surface area contributed by atoms with Crippen molar-refractivity contribution in [3.8, 4) is 0 Å². The molecule has 1 fully saturated rings. The van der Waals surface area contributed by atoms with Crippen LogP contribution in [0.15, 0.2) is 0 Å². The Morgan fingerprint density at radius 2 is 2.57 bits per heavy atom. The highest BCUT2D eigenvalue weighted by Crippen LogP contribution is 1.93. The molecule has 0 spiro atoms. The van der Waals surface area contributed by atoms with Crippen molar-refractivity contribution in [1.82, 2.24) is 5.01 Å². The van der Waals surface area contributed by atoms with E-state index >= 15 is 0 Å². The highest BCUT2D eigenvalue weighted by Gasteiger charge is 2.16. The summed E-state index contributed by atoms with van der Waals surface area (Å²) in [7, 11) is 0. The standard InChI is InChI=1S/C3H6N2O2/c4-5-1-2-7-3(5)6/h1-2,4H2. The molecule has 2 N–H and O–H groups in total. The van der Waals surface area contributed by atoms with Crippen molar-refractivity contribution in [2.75, 3.05) is 13.2 Å². The van der Waals surface area contributed by atoms with E-state index in [1.165, 1.54) is 0 Å². The van der Waals surface area contributed by atoms with Crippen LogP contribution in [0.2, 0.25) is 0 Å². The zero-order chi connectivity index (χ0) is 5.28. The fourth-order valence-electron chi connectivity index (χ4n) is 0.406. The van der Waals surface area contributed by atoms with Crippen molar-refractivity contribution in [3.63, 3.8) is 0 Å². The topological polar surface area (TPSA) is 55.6 Å². The van der Waals surface area contributed by atoms with E-state index in [9.17, 15) is 4.79 Å². The number of nitrogens with zero attached hydrogens (tertiary/aromatic N) is 1. The number of hydrazine groups is 1. The first-order valence-electron chi connectivity index (χ1n) is 1.99. The molecular weight excluding hydrogens is 96.0 g/mol. The van der Waals surface area contributed by atoms with Crippen molar-refractivity contribution < 1.29 is 9.53 Å². The number of hydrogen-bond acceptors (Lipinski definition) is 3. The molecule has 7 heavy (non-hydrogen) atoms. The summed E-state index contributed by atoms with van der Waals surface area (Å²) in [6.07, 6.45) is -0.431. The van der Waals surface area contributed by atoms with Crippen LogP contribution in [0.25, 0.3) is 0 Å². The molecule has 4 nitrogen and oxygen atoms in total. The third-order valence-corrected chi connectivity index (χ3v) is 0.792. The van der Waals surface area contributed by atoms with E-state index < -0.39 is 6.09 Å². The maximum absolute atomic E-state index is 10.2. The Morgan fingerprint density at radius 1 is 1.86 bits per heavy atom. The fourth-order valence-corrected chi connectivity index (χ4v) is 0.406. The second-order valence-corrected chi connectivity index (χ2v) is 1.31. The number of carbonyl (C=O) groups excluding carboxylic acids is 1. The molecule has 1 aliphatic rings. The summed E-state index contributed by atoms with van der Waals surface area (Å²) < 4.78 is 4.43. The maximum atomic E-state index is 10.2. The first-order chi connectivity index (χ1) is 3.30. The summed E-state index contributed by atoms with van der Waals surface area (Å²) in [5.74, 6) is 5.04. The molecule has 0 unspecified atom stereocenters. The summed E-state index contributed by atoms with van der Waals surface area (Å²) in [4.78, 5) is 10.2. The lowest BCUT2D eigenvalue weighted by molar-refractivity contribution is 0.159. The van der Waals surface area contributed by atoms with Gasteiger partial charge in [0.2, 0.25) is 0 Å². The molecule has 0 aromatic carbocycles.